The standard InChI is InChI=1S/C19H22N2O/c1-13-5-4-6-17(11-13)20-19(22)10-7-16-12-14(2)21(15(16)3)18-8-9-18/h4-7,10-12,18H,8-9H2,1-3H3,(H,20,22)/b10-7+. The lowest BCUT2D eigenvalue weighted by Crippen LogP contribution is -2.07. The molecule has 0 saturated heterocycles. The number of nitrogens with zero attached hydrogens (tertiary/aromatic N) is 1. The van der Waals surface area contributed by atoms with Gasteiger partial charge in [-0.25, -0.2) is 0 Å². The Morgan fingerprint density at radius 3 is 2.68 bits per heavy atom. The first-order valence-corrected chi connectivity index (χ1v) is 7.79. The fourth-order valence-corrected chi connectivity index (χ4v) is 2.94. The van der Waals surface area contributed by atoms with Crippen LogP contribution in [0.15, 0.2) is 36.4 Å². The molecule has 1 N–H and O–H groups in total. The minimum atomic E-state index is -0.0955. The van der Waals surface area contributed by atoms with Gasteiger partial charge >= 0.3 is 0 Å². The van der Waals surface area contributed by atoms with Crippen molar-refractivity contribution in [3.63, 3.8) is 0 Å². The number of benzene rings is 1. The van der Waals surface area contributed by atoms with E-state index in [1.807, 2.05) is 37.3 Å². The molecule has 114 valence electrons. The highest BCUT2D eigenvalue weighted by Crippen LogP contribution is 2.38. The SMILES string of the molecule is Cc1cccc(NC(=O)/C=C/c2cc(C)n(C3CC3)c2C)c1. The smallest absolute Gasteiger partial charge is 0.248 e. The molecule has 0 atom stereocenters. The molecule has 1 saturated carbocycles. The van der Waals surface area contributed by atoms with Crippen LogP contribution in [-0.4, -0.2) is 10.5 Å². The predicted octanol–water partition coefficient (Wildman–Crippen LogP) is 4.40. The monoisotopic (exact) mass is 294 g/mol. The van der Waals surface area contributed by atoms with Gasteiger partial charge in [0.25, 0.3) is 0 Å². The third-order valence-electron chi connectivity index (χ3n) is 4.14. The Morgan fingerprint density at radius 1 is 1.23 bits per heavy atom. The number of hydrogen-bond acceptors (Lipinski definition) is 1. The van der Waals surface area contributed by atoms with Crippen LogP contribution >= 0.6 is 0 Å². The van der Waals surface area contributed by atoms with Crippen molar-refractivity contribution in [1.29, 1.82) is 0 Å². The largest absolute Gasteiger partial charge is 0.346 e. The Labute approximate surface area is 131 Å². The predicted molar refractivity (Wildman–Crippen MR) is 91.0 cm³/mol. The fraction of sp³-hybridized carbons (Fsp3) is 0.316. The second-order valence-electron chi connectivity index (χ2n) is 6.12. The normalized spacial score (nSPS) is 14.5. The maximum atomic E-state index is 12.0. The van der Waals surface area contributed by atoms with E-state index in [1.165, 1.54) is 24.2 Å². The first-order chi connectivity index (χ1) is 10.5. The van der Waals surface area contributed by atoms with E-state index in [-0.39, 0.29) is 5.91 Å². The summed E-state index contributed by atoms with van der Waals surface area (Å²) in [6.45, 7) is 6.27. The number of amides is 1. The summed E-state index contributed by atoms with van der Waals surface area (Å²) in [5, 5.41) is 2.90. The lowest BCUT2D eigenvalue weighted by atomic mass is 10.2. The van der Waals surface area contributed by atoms with E-state index >= 15 is 0 Å². The first-order valence-electron chi connectivity index (χ1n) is 7.79. The Kier molecular flexibility index (Phi) is 3.88. The van der Waals surface area contributed by atoms with E-state index in [2.05, 4.69) is 29.8 Å². The fourth-order valence-electron chi connectivity index (χ4n) is 2.94. The van der Waals surface area contributed by atoms with E-state index < -0.39 is 0 Å². The molecule has 2 aromatic rings. The molecule has 0 unspecified atom stereocenters. The van der Waals surface area contributed by atoms with Crippen molar-refractivity contribution in [2.75, 3.05) is 5.32 Å². The molecule has 22 heavy (non-hydrogen) atoms. The Hall–Kier alpha value is -2.29. The topological polar surface area (TPSA) is 34.0 Å². The molecular formula is C19H22N2O. The molecule has 3 nitrogen and oxygen atoms in total. The summed E-state index contributed by atoms with van der Waals surface area (Å²) < 4.78 is 2.39. The van der Waals surface area contributed by atoms with E-state index in [9.17, 15) is 4.79 Å². The van der Waals surface area contributed by atoms with E-state index in [4.69, 9.17) is 0 Å². The zero-order valence-corrected chi connectivity index (χ0v) is 13.4. The quantitative estimate of drug-likeness (QED) is 0.833. The minimum Gasteiger partial charge on any atom is -0.346 e. The lowest BCUT2D eigenvalue weighted by Gasteiger charge is -2.06. The van der Waals surface area contributed by atoms with Crippen LogP contribution in [-0.2, 0) is 4.79 Å². The maximum absolute atomic E-state index is 12.0. The number of rotatable bonds is 4. The van der Waals surface area contributed by atoms with Gasteiger partial charge in [-0.1, -0.05) is 12.1 Å². The lowest BCUT2D eigenvalue weighted by molar-refractivity contribution is -0.111. The number of anilines is 1. The van der Waals surface area contributed by atoms with Crippen molar-refractivity contribution in [3.8, 4) is 0 Å². The van der Waals surface area contributed by atoms with Crippen molar-refractivity contribution >= 4 is 17.7 Å². The van der Waals surface area contributed by atoms with Gasteiger partial charge in [-0.3, -0.25) is 4.79 Å². The van der Waals surface area contributed by atoms with Crippen molar-refractivity contribution in [3.05, 3.63) is 58.9 Å². The Bertz CT molecular complexity index is 736. The van der Waals surface area contributed by atoms with Crippen LogP contribution in [0.4, 0.5) is 5.69 Å². The van der Waals surface area contributed by atoms with Crippen LogP contribution in [0, 0.1) is 20.8 Å². The molecule has 1 amide bonds. The summed E-state index contributed by atoms with van der Waals surface area (Å²) in [4.78, 5) is 12.0. The highest BCUT2D eigenvalue weighted by atomic mass is 16.1. The van der Waals surface area contributed by atoms with Crippen LogP contribution in [0.1, 0.15) is 41.4 Å². The zero-order valence-electron chi connectivity index (χ0n) is 13.4. The first kappa shape index (κ1) is 14.6. The van der Waals surface area contributed by atoms with Gasteiger partial charge in [0.15, 0.2) is 0 Å². The van der Waals surface area contributed by atoms with E-state index in [0.717, 1.165) is 16.8 Å². The molecule has 0 bridgehead atoms. The molecule has 1 fully saturated rings. The van der Waals surface area contributed by atoms with Crippen molar-refractivity contribution in [1.82, 2.24) is 4.57 Å². The summed E-state index contributed by atoms with van der Waals surface area (Å²) in [5.74, 6) is -0.0955. The van der Waals surface area contributed by atoms with Gasteiger partial charge in [0.2, 0.25) is 5.91 Å². The molecule has 3 rings (SSSR count). The molecule has 0 spiro atoms. The van der Waals surface area contributed by atoms with Crippen LogP contribution in [0.2, 0.25) is 0 Å². The number of carbonyl (C=O) groups excluding carboxylic acids is 1. The molecule has 1 aliphatic rings. The second kappa shape index (κ2) is 5.84. The molecule has 1 aromatic heterocycles. The summed E-state index contributed by atoms with van der Waals surface area (Å²) in [6.07, 6.45) is 6.06. The van der Waals surface area contributed by atoms with E-state index in [1.54, 1.807) is 6.08 Å². The zero-order chi connectivity index (χ0) is 15.7. The summed E-state index contributed by atoms with van der Waals surface area (Å²) in [5.41, 5.74) is 5.62. The van der Waals surface area contributed by atoms with Crippen LogP contribution in [0.3, 0.4) is 0 Å². The van der Waals surface area contributed by atoms with Crippen LogP contribution in [0.5, 0.6) is 0 Å². The third kappa shape index (κ3) is 3.14. The molecule has 0 aliphatic heterocycles. The van der Waals surface area contributed by atoms with Crippen molar-refractivity contribution < 1.29 is 4.79 Å². The highest BCUT2D eigenvalue weighted by molar-refractivity contribution is 6.02. The molecule has 1 heterocycles. The molecular weight excluding hydrogens is 272 g/mol. The van der Waals surface area contributed by atoms with Gasteiger partial charge in [-0.2, -0.15) is 0 Å². The number of carbonyl (C=O) groups is 1. The van der Waals surface area contributed by atoms with Gasteiger partial charge in [0.1, 0.15) is 0 Å². The molecule has 1 aromatic carbocycles. The summed E-state index contributed by atoms with van der Waals surface area (Å²) in [7, 11) is 0. The van der Waals surface area contributed by atoms with Crippen LogP contribution < -0.4 is 5.32 Å². The van der Waals surface area contributed by atoms with Gasteiger partial charge in [0.05, 0.1) is 0 Å². The molecule has 0 radical (unpaired) electrons. The highest BCUT2D eigenvalue weighted by Gasteiger charge is 2.26. The number of aromatic nitrogens is 1. The van der Waals surface area contributed by atoms with Gasteiger partial charge in [-0.05, 0) is 69.0 Å². The third-order valence-corrected chi connectivity index (χ3v) is 4.14. The van der Waals surface area contributed by atoms with Crippen molar-refractivity contribution in [2.45, 2.75) is 39.7 Å². The molecule has 1 aliphatic carbocycles. The van der Waals surface area contributed by atoms with Crippen LogP contribution in [0.25, 0.3) is 6.08 Å². The summed E-state index contributed by atoms with van der Waals surface area (Å²) in [6, 6.07) is 10.6. The van der Waals surface area contributed by atoms with Crippen molar-refractivity contribution in [2.24, 2.45) is 0 Å². The number of hydrogen-bond donors (Lipinski definition) is 1. The second-order valence-corrected chi connectivity index (χ2v) is 6.12. The number of nitrogens with one attached hydrogen (secondary N) is 1. The van der Waals surface area contributed by atoms with Gasteiger partial charge < -0.3 is 9.88 Å². The summed E-state index contributed by atoms with van der Waals surface area (Å²) >= 11 is 0. The number of aryl methyl sites for hydroxylation is 2. The van der Waals surface area contributed by atoms with E-state index in [0.29, 0.717) is 6.04 Å². The maximum Gasteiger partial charge on any atom is 0.248 e. The Balaban J connectivity index is 1.71. The molecule has 3 heteroatoms. The van der Waals surface area contributed by atoms with Gasteiger partial charge in [0, 0.05) is 29.2 Å². The minimum absolute atomic E-state index is 0.0955. The Morgan fingerprint density at radius 2 is 2.00 bits per heavy atom. The average molecular weight is 294 g/mol. The van der Waals surface area contributed by atoms with Gasteiger partial charge in [-0.15, -0.1) is 0 Å². The average Bonchev–Trinajstić information content (AvgIpc) is 3.24.